The summed E-state index contributed by atoms with van der Waals surface area (Å²) in [6.45, 7) is 19.2. The van der Waals surface area contributed by atoms with Gasteiger partial charge in [-0.1, -0.05) is 219 Å². The van der Waals surface area contributed by atoms with Crippen molar-refractivity contribution in [2.24, 2.45) is 0 Å². The average molecular weight is 923 g/mol. The lowest BCUT2D eigenvalue weighted by atomic mass is 9.79. The van der Waals surface area contributed by atoms with Crippen LogP contribution in [0.3, 0.4) is 0 Å². The van der Waals surface area contributed by atoms with Crippen LogP contribution in [0.4, 0.5) is 0 Å². The van der Waals surface area contributed by atoms with Gasteiger partial charge in [0, 0.05) is 21.7 Å². The Hall–Kier alpha value is -7.80. The van der Waals surface area contributed by atoms with Gasteiger partial charge in [0.1, 0.15) is 0 Å². The fraction of sp³-hybridized carbons (Fsp3) is 0.167. The van der Waals surface area contributed by atoms with E-state index in [1.54, 1.807) is 0 Å². The van der Waals surface area contributed by atoms with Gasteiger partial charge in [0.15, 0.2) is 0 Å². The standard InChI is InChI=1S/C72H58/c1-69(2)61-21-15-14-20-53(61)54-34-27-49(41-67(54)69)51-18-12-13-19-52(51)50-28-35-60-59-33-26-48(40-66(59)72(7,8)68(60)42-50)47-25-32-58-57-31-24-46(38-64(57)71(5,6)65(58)39-47)45-23-30-56-55-29-22-44(43-16-10-9-11-17-43)36-62(55)70(3,4)63(56)37-45/h9-42H,1-8H3. The van der Waals surface area contributed by atoms with Crippen molar-refractivity contribution in [2.45, 2.75) is 77.0 Å². The Morgan fingerprint density at radius 1 is 0.167 bits per heavy atom. The van der Waals surface area contributed by atoms with Crippen LogP contribution in [0.5, 0.6) is 0 Å². The third-order valence-electron chi connectivity index (χ3n) is 17.9. The second-order valence-corrected chi connectivity index (χ2v) is 23.3. The zero-order chi connectivity index (χ0) is 49.1. The van der Waals surface area contributed by atoms with Crippen LogP contribution in [0, 0.1) is 0 Å². The lowest BCUT2D eigenvalue weighted by Gasteiger charge is -2.24. The second-order valence-electron chi connectivity index (χ2n) is 23.3. The maximum absolute atomic E-state index is 2.48. The summed E-state index contributed by atoms with van der Waals surface area (Å²) in [5, 5.41) is 0. The summed E-state index contributed by atoms with van der Waals surface area (Å²) in [7, 11) is 0. The van der Waals surface area contributed by atoms with Gasteiger partial charge in [0.25, 0.3) is 0 Å². The van der Waals surface area contributed by atoms with E-state index in [4.69, 9.17) is 0 Å². The van der Waals surface area contributed by atoms with Crippen molar-refractivity contribution in [1.29, 1.82) is 0 Å². The molecule has 0 heteroatoms. The van der Waals surface area contributed by atoms with Gasteiger partial charge < -0.3 is 0 Å². The number of benzene rings is 10. The van der Waals surface area contributed by atoms with Crippen molar-refractivity contribution in [3.8, 4) is 100 Å². The average Bonchev–Trinajstić information content (AvgIpc) is 3.97. The molecule has 0 aliphatic heterocycles. The van der Waals surface area contributed by atoms with Gasteiger partial charge in [0.2, 0.25) is 0 Å². The van der Waals surface area contributed by atoms with Crippen LogP contribution in [0.15, 0.2) is 206 Å². The Morgan fingerprint density at radius 2 is 0.389 bits per heavy atom. The van der Waals surface area contributed by atoms with Crippen molar-refractivity contribution in [3.05, 3.63) is 251 Å². The van der Waals surface area contributed by atoms with Gasteiger partial charge in [-0.3, -0.25) is 0 Å². The molecule has 0 unspecified atom stereocenters. The van der Waals surface area contributed by atoms with E-state index in [1.165, 1.54) is 145 Å². The smallest absolute Gasteiger partial charge is 0.0159 e. The van der Waals surface area contributed by atoms with Gasteiger partial charge >= 0.3 is 0 Å². The predicted molar refractivity (Wildman–Crippen MR) is 304 cm³/mol. The summed E-state index contributed by atoms with van der Waals surface area (Å²) in [5.41, 5.74) is 34.3. The first-order chi connectivity index (χ1) is 34.7. The number of rotatable bonds is 5. The zero-order valence-corrected chi connectivity index (χ0v) is 42.6. The Balaban J connectivity index is 0.759. The normalized spacial score (nSPS) is 15.9. The lowest BCUT2D eigenvalue weighted by Crippen LogP contribution is -2.16. The highest BCUT2D eigenvalue weighted by molar-refractivity contribution is 5.93. The van der Waals surface area contributed by atoms with E-state index in [2.05, 4.69) is 262 Å². The number of hydrogen-bond acceptors (Lipinski definition) is 0. The number of fused-ring (bicyclic) bond motifs is 12. The van der Waals surface area contributed by atoms with E-state index in [0.717, 1.165) is 0 Å². The van der Waals surface area contributed by atoms with Crippen LogP contribution in [0.25, 0.3) is 100 Å². The van der Waals surface area contributed by atoms with Gasteiger partial charge in [-0.25, -0.2) is 0 Å². The monoisotopic (exact) mass is 922 g/mol. The van der Waals surface area contributed by atoms with E-state index in [1.807, 2.05) is 0 Å². The minimum Gasteiger partial charge on any atom is -0.0622 e. The molecule has 0 amide bonds. The molecule has 0 radical (unpaired) electrons. The quantitative estimate of drug-likeness (QED) is 0.161. The third kappa shape index (κ3) is 5.99. The van der Waals surface area contributed by atoms with Crippen molar-refractivity contribution in [2.75, 3.05) is 0 Å². The van der Waals surface area contributed by atoms with Crippen LogP contribution in [0.2, 0.25) is 0 Å². The fourth-order valence-electron chi connectivity index (χ4n) is 13.8. The number of hydrogen-bond donors (Lipinski definition) is 0. The highest BCUT2D eigenvalue weighted by Crippen LogP contribution is 2.56. The van der Waals surface area contributed by atoms with Crippen molar-refractivity contribution in [1.82, 2.24) is 0 Å². The second kappa shape index (κ2) is 14.9. The molecule has 0 N–H and O–H groups in total. The summed E-state index contributed by atoms with van der Waals surface area (Å²) in [6, 6.07) is 78.9. The summed E-state index contributed by atoms with van der Waals surface area (Å²) in [6.07, 6.45) is 0. The first-order valence-corrected chi connectivity index (χ1v) is 26.0. The van der Waals surface area contributed by atoms with E-state index in [0.29, 0.717) is 0 Å². The van der Waals surface area contributed by atoms with E-state index < -0.39 is 0 Å². The summed E-state index contributed by atoms with van der Waals surface area (Å²) < 4.78 is 0. The van der Waals surface area contributed by atoms with Gasteiger partial charge in [0.05, 0.1) is 0 Å². The van der Waals surface area contributed by atoms with Gasteiger partial charge in [-0.05, 0) is 187 Å². The SMILES string of the molecule is CC1(C)c2cc(-c3ccccc3)ccc2-c2ccc(-c3ccc4c(c3)C(C)(C)c3cc(-c5ccc6c(c5)C(C)(C)c5cc(-c7ccccc7-c7ccc8c(c7)C(C)(C)c7ccccc7-8)ccc5-6)ccc3-4)cc21. The maximum atomic E-state index is 2.48. The molecule has 10 aromatic carbocycles. The summed E-state index contributed by atoms with van der Waals surface area (Å²) in [5.74, 6) is 0. The molecule has 0 bridgehead atoms. The molecule has 72 heavy (non-hydrogen) atoms. The topological polar surface area (TPSA) is 0 Å². The highest BCUT2D eigenvalue weighted by Gasteiger charge is 2.40. The first kappa shape index (κ1) is 43.0. The zero-order valence-electron chi connectivity index (χ0n) is 42.6. The molecule has 4 aliphatic carbocycles. The Labute approximate surface area is 425 Å². The lowest BCUT2D eigenvalue weighted by molar-refractivity contribution is 0.659. The van der Waals surface area contributed by atoms with Crippen molar-refractivity contribution in [3.63, 3.8) is 0 Å². The molecule has 0 spiro atoms. The molecular formula is C72H58. The minimum absolute atomic E-state index is 0.0461. The Kier molecular flexibility index (Phi) is 8.89. The fourth-order valence-corrected chi connectivity index (χ4v) is 13.8. The van der Waals surface area contributed by atoms with Crippen LogP contribution >= 0.6 is 0 Å². The Morgan fingerprint density at radius 3 is 0.722 bits per heavy atom. The van der Waals surface area contributed by atoms with Crippen LogP contribution in [0.1, 0.15) is 99.9 Å². The maximum Gasteiger partial charge on any atom is 0.0159 e. The third-order valence-corrected chi connectivity index (χ3v) is 17.9. The molecule has 4 aliphatic rings. The molecule has 0 fully saturated rings. The molecule has 0 aromatic heterocycles. The molecule has 0 saturated carbocycles. The molecule has 14 rings (SSSR count). The molecule has 0 atom stereocenters. The van der Waals surface area contributed by atoms with Gasteiger partial charge in [-0.15, -0.1) is 0 Å². The summed E-state index contributed by atoms with van der Waals surface area (Å²) >= 11 is 0. The molecule has 0 heterocycles. The van der Waals surface area contributed by atoms with E-state index in [9.17, 15) is 0 Å². The van der Waals surface area contributed by atoms with Crippen LogP contribution < -0.4 is 0 Å². The van der Waals surface area contributed by atoms with Crippen molar-refractivity contribution >= 4 is 0 Å². The highest BCUT2D eigenvalue weighted by atomic mass is 14.4. The molecule has 346 valence electrons. The molecular weight excluding hydrogens is 865 g/mol. The molecule has 0 saturated heterocycles. The molecule has 10 aromatic rings. The van der Waals surface area contributed by atoms with Crippen LogP contribution in [-0.4, -0.2) is 0 Å². The van der Waals surface area contributed by atoms with Crippen molar-refractivity contribution < 1.29 is 0 Å². The minimum atomic E-state index is -0.168. The van der Waals surface area contributed by atoms with E-state index in [-0.39, 0.29) is 21.7 Å². The van der Waals surface area contributed by atoms with E-state index >= 15 is 0 Å². The largest absolute Gasteiger partial charge is 0.0622 e. The predicted octanol–water partition coefficient (Wildman–Crippen LogP) is 19.2. The first-order valence-electron chi connectivity index (χ1n) is 26.0. The Bertz CT molecular complexity index is 3960. The summed E-state index contributed by atoms with van der Waals surface area (Å²) in [4.78, 5) is 0. The van der Waals surface area contributed by atoms with Gasteiger partial charge in [-0.2, -0.15) is 0 Å². The molecule has 0 nitrogen and oxygen atoms in total. The van der Waals surface area contributed by atoms with Crippen LogP contribution in [-0.2, 0) is 21.7 Å².